The maximum atomic E-state index is 5.76. The number of nitrogens with zero attached hydrogens (tertiary/aromatic N) is 4. The lowest BCUT2D eigenvalue weighted by atomic mass is 10.1. The van der Waals surface area contributed by atoms with Crippen LogP contribution in [0, 0.1) is 0 Å². The number of nitrogens with two attached hydrogens (primary N) is 1. The third-order valence-corrected chi connectivity index (χ3v) is 2.39. The first kappa shape index (κ1) is 10.7. The second-order valence-corrected chi connectivity index (χ2v) is 3.68. The molecule has 0 fully saturated rings. The second-order valence-electron chi connectivity index (χ2n) is 3.68. The molecule has 2 aromatic rings. The van der Waals surface area contributed by atoms with Crippen LogP contribution in [0.4, 0.5) is 0 Å². The van der Waals surface area contributed by atoms with Gasteiger partial charge in [0, 0.05) is 18.4 Å². The van der Waals surface area contributed by atoms with Crippen molar-refractivity contribution in [3.8, 4) is 11.6 Å². The van der Waals surface area contributed by atoms with Gasteiger partial charge in [-0.3, -0.25) is 0 Å². The summed E-state index contributed by atoms with van der Waals surface area (Å²) >= 11 is 0. The Kier molecular flexibility index (Phi) is 2.91. The van der Waals surface area contributed by atoms with Crippen LogP contribution in [0.3, 0.4) is 0 Å². The van der Waals surface area contributed by atoms with Crippen molar-refractivity contribution in [2.24, 2.45) is 5.73 Å². The van der Waals surface area contributed by atoms with Crippen molar-refractivity contribution in [2.45, 2.75) is 25.8 Å². The van der Waals surface area contributed by atoms with Crippen molar-refractivity contribution >= 4 is 0 Å². The molecule has 16 heavy (non-hydrogen) atoms. The Bertz CT molecular complexity index is 453. The summed E-state index contributed by atoms with van der Waals surface area (Å²) in [6.07, 6.45) is 3.26. The summed E-state index contributed by atoms with van der Waals surface area (Å²) in [6.45, 7) is 3.83. The monoisotopic (exact) mass is 219 g/mol. The SMILES string of the molecule is CC(N)C(C)c1nc(-c2ncccn2)no1. The largest absolute Gasteiger partial charge is 0.339 e. The van der Waals surface area contributed by atoms with E-state index in [4.69, 9.17) is 10.3 Å². The molecule has 0 saturated heterocycles. The minimum Gasteiger partial charge on any atom is -0.339 e. The van der Waals surface area contributed by atoms with Crippen LogP contribution in [0.25, 0.3) is 11.6 Å². The first-order valence-corrected chi connectivity index (χ1v) is 5.05. The average molecular weight is 219 g/mol. The van der Waals surface area contributed by atoms with E-state index >= 15 is 0 Å². The van der Waals surface area contributed by atoms with Gasteiger partial charge in [-0.2, -0.15) is 4.98 Å². The van der Waals surface area contributed by atoms with Crippen molar-refractivity contribution in [1.29, 1.82) is 0 Å². The predicted molar refractivity (Wildman–Crippen MR) is 57.4 cm³/mol. The van der Waals surface area contributed by atoms with E-state index in [0.29, 0.717) is 17.5 Å². The van der Waals surface area contributed by atoms with Crippen molar-refractivity contribution in [3.05, 3.63) is 24.4 Å². The molecule has 0 spiro atoms. The summed E-state index contributed by atoms with van der Waals surface area (Å²) < 4.78 is 5.12. The highest BCUT2D eigenvalue weighted by Gasteiger charge is 2.19. The van der Waals surface area contributed by atoms with Crippen LogP contribution in [0.5, 0.6) is 0 Å². The van der Waals surface area contributed by atoms with Gasteiger partial charge in [0.25, 0.3) is 0 Å². The smallest absolute Gasteiger partial charge is 0.240 e. The fraction of sp³-hybridized carbons (Fsp3) is 0.400. The topological polar surface area (TPSA) is 90.7 Å². The standard InChI is InChI=1S/C10H13N5O/c1-6(7(2)11)10-14-9(15-16-10)8-12-4-3-5-13-8/h3-7H,11H2,1-2H3. The maximum Gasteiger partial charge on any atom is 0.240 e. The molecule has 0 aliphatic heterocycles. The molecule has 6 nitrogen and oxygen atoms in total. The van der Waals surface area contributed by atoms with Crippen molar-refractivity contribution in [1.82, 2.24) is 20.1 Å². The van der Waals surface area contributed by atoms with Gasteiger partial charge in [-0.25, -0.2) is 9.97 Å². The number of hydrogen-bond acceptors (Lipinski definition) is 6. The minimum atomic E-state index is -0.0370. The zero-order chi connectivity index (χ0) is 11.5. The van der Waals surface area contributed by atoms with E-state index in [1.807, 2.05) is 13.8 Å². The molecule has 6 heteroatoms. The van der Waals surface area contributed by atoms with Crippen LogP contribution < -0.4 is 5.73 Å². The predicted octanol–water partition coefficient (Wildman–Crippen LogP) is 0.977. The molecule has 0 bridgehead atoms. The highest BCUT2D eigenvalue weighted by molar-refractivity contribution is 5.40. The van der Waals surface area contributed by atoms with Gasteiger partial charge in [-0.05, 0) is 13.0 Å². The Morgan fingerprint density at radius 1 is 1.19 bits per heavy atom. The Labute approximate surface area is 92.9 Å². The average Bonchev–Trinajstić information content (AvgIpc) is 2.78. The lowest BCUT2D eigenvalue weighted by Crippen LogP contribution is -2.22. The minimum absolute atomic E-state index is 0.0185. The molecule has 2 heterocycles. The van der Waals surface area contributed by atoms with Gasteiger partial charge in [0.1, 0.15) is 0 Å². The van der Waals surface area contributed by atoms with Crippen LogP contribution in [-0.4, -0.2) is 26.2 Å². The molecule has 0 radical (unpaired) electrons. The van der Waals surface area contributed by atoms with Gasteiger partial charge in [-0.1, -0.05) is 12.1 Å². The fourth-order valence-electron chi connectivity index (χ4n) is 1.15. The quantitative estimate of drug-likeness (QED) is 0.827. The Morgan fingerprint density at radius 3 is 2.50 bits per heavy atom. The zero-order valence-corrected chi connectivity index (χ0v) is 9.16. The molecule has 2 unspecified atom stereocenters. The number of hydrogen-bond donors (Lipinski definition) is 1. The molecule has 84 valence electrons. The van der Waals surface area contributed by atoms with Crippen LogP contribution in [0.15, 0.2) is 23.0 Å². The zero-order valence-electron chi connectivity index (χ0n) is 9.16. The molecular weight excluding hydrogens is 206 g/mol. The first-order valence-electron chi connectivity index (χ1n) is 5.05. The third-order valence-electron chi connectivity index (χ3n) is 2.39. The van der Waals surface area contributed by atoms with Gasteiger partial charge in [0.05, 0.1) is 5.92 Å². The van der Waals surface area contributed by atoms with Gasteiger partial charge in [0.15, 0.2) is 0 Å². The van der Waals surface area contributed by atoms with Gasteiger partial charge >= 0.3 is 0 Å². The van der Waals surface area contributed by atoms with E-state index in [1.54, 1.807) is 18.5 Å². The van der Waals surface area contributed by atoms with Crippen LogP contribution in [0.1, 0.15) is 25.7 Å². The van der Waals surface area contributed by atoms with E-state index < -0.39 is 0 Å². The Morgan fingerprint density at radius 2 is 1.88 bits per heavy atom. The molecule has 0 amide bonds. The molecule has 0 aromatic carbocycles. The number of aromatic nitrogens is 4. The highest BCUT2D eigenvalue weighted by Crippen LogP contribution is 2.18. The molecule has 2 N–H and O–H groups in total. The molecule has 2 atom stereocenters. The number of rotatable bonds is 3. The second kappa shape index (κ2) is 4.36. The van der Waals surface area contributed by atoms with E-state index in [0.717, 1.165) is 0 Å². The van der Waals surface area contributed by atoms with Gasteiger partial charge < -0.3 is 10.3 Å². The Balaban J connectivity index is 2.27. The van der Waals surface area contributed by atoms with Crippen LogP contribution >= 0.6 is 0 Å². The van der Waals surface area contributed by atoms with Gasteiger partial charge in [0.2, 0.25) is 17.5 Å². The first-order chi connectivity index (χ1) is 7.68. The molecule has 2 aromatic heterocycles. The fourth-order valence-corrected chi connectivity index (χ4v) is 1.15. The molecule has 0 saturated carbocycles. The Hall–Kier alpha value is -1.82. The summed E-state index contributed by atoms with van der Waals surface area (Å²) in [6, 6.07) is 1.69. The summed E-state index contributed by atoms with van der Waals surface area (Å²) in [5, 5.41) is 3.82. The summed E-state index contributed by atoms with van der Waals surface area (Å²) in [5.74, 6) is 1.37. The summed E-state index contributed by atoms with van der Waals surface area (Å²) in [5.41, 5.74) is 5.76. The summed E-state index contributed by atoms with van der Waals surface area (Å²) in [7, 11) is 0. The van der Waals surface area contributed by atoms with Crippen molar-refractivity contribution in [3.63, 3.8) is 0 Å². The van der Waals surface area contributed by atoms with Crippen LogP contribution in [-0.2, 0) is 0 Å². The van der Waals surface area contributed by atoms with Crippen molar-refractivity contribution < 1.29 is 4.52 Å². The molecule has 2 rings (SSSR count). The molecule has 0 aliphatic rings. The lowest BCUT2D eigenvalue weighted by Gasteiger charge is -2.09. The molecular formula is C10H13N5O. The normalized spacial score (nSPS) is 14.7. The summed E-state index contributed by atoms with van der Waals surface area (Å²) in [4.78, 5) is 12.3. The lowest BCUT2D eigenvalue weighted by molar-refractivity contribution is 0.346. The molecule has 0 aliphatic carbocycles. The maximum absolute atomic E-state index is 5.76. The third kappa shape index (κ3) is 2.06. The van der Waals surface area contributed by atoms with E-state index in [1.165, 1.54) is 0 Å². The van der Waals surface area contributed by atoms with Crippen molar-refractivity contribution in [2.75, 3.05) is 0 Å². The van der Waals surface area contributed by atoms with Gasteiger partial charge in [-0.15, -0.1) is 0 Å². The van der Waals surface area contributed by atoms with Crippen LogP contribution in [0.2, 0.25) is 0 Å². The highest BCUT2D eigenvalue weighted by atomic mass is 16.5. The van der Waals surface area contributed by atoms with E-state index in [9.17, 15) is 0 Å². The van der Waals surface area contributed by atoms with E-state index in [2.05, 4.69) is 20.1 Å². The van der Waals surface area contributed by atoms with E-state index in [-0.39, 0.29) is 12.0 Å².